The van der Waals surface area contributed by atoms with Gasteiger partial charge < -0.3 is 9.67 Å². The number of aromatic nitrogens is 4. The zero-order valence-electron chi connectivity index (χ0n) is 18.3. The van der Waals surface area contributed by atoms with E-state index in [4.69, 9.17) is 11.6 Å². The second-order valence-corrected chi connectivity index (χ2v) is 9.23. The van der Waals surface area contributed by atoms with Gasteiger partial charge in [-0.05, 0) is 74.6 Å². The van der Waals surface area contributed by atoms with Crippen LogP contribution in [0.4, 0.5) is 5.69 Å². The molecule has 0 bridgehead atoms. The van der Waals surface area contributed by atoms with Crippen molar-refractivity contribution in [3.8, 4) is 11.3 Å². The molecule has 32 heavy (non-hydrogen) atoms. The summed E-state index contributed by atoms with van der Waals surface area (Å²) in [7, 11) is 0. The first kappa shape index (κ1) is 20.3. The van der Waals surface area contributed by atoms with Crippen molar-refractivity contribution in [3.63, 3.8) is 0 Å². The van der Waals surface area contributed by atoms with Gasteiger partial charge in [0.15, 0.2) is 5.69 Å². The molecule has 3 heterocycles. The third-order valence-corrected chi connectivity index (χ3v) is 5.72. The van der Waals surface area contributed by atoms with Crippen LogP contribution >= 0.6 is 0 Å². The van der Waals surface area contributed by atoms with E-state index in [9.17, 15) is 5.11 Å². The molecule has 4 aromatic rings. The first-order valence-electron chi connectivity index (χ1n) is 10.9. The Hall–Kier alpha value is -3.56. The second-order valence-electron chi connectivity index (χ2n) is 9.23. The molecule has 6 nitrogen and oxygen atoms in total. The lowest BCUT2D eigenvalue weighted by Gasteiger charge is -2.18. The molecule has 5 rings (SSSR count). The highest BCUT2D eigenvalue weighted by Gasteiger charge is 2.25. The summed E-state index contributed by atoms with van der Waals surface area (Å²) in [6.45, 7) is 11.3. The number of rotatable bonds is 6. The SMILES string of the molecule is [C-]#[N+]c1ccnc(Cc2cc(C3CC3)cc(-c3ccc4c(c3)ncn4CC(C)(C)O)n2)c1. The van der Waals surface area contributed by atoms with Crippen molar-refractivity contribution in [2.24, 2.45) is 0 Å². The summed E-state index contributed by atoms with van der Waals surface area (Å²) in [5, 5.41) is 10.2. The molecule has 0 amide bonds. The van der Waals surface area contributed by atoms with E-state index >= 15 is 0 Å². The van der Waals surface area contributed by atoms with Crippen LogP contribution in [0.15, 0.2) is 55.0 Å². The Labute approximate surface area is 187 Å². The first-order valence-corrected chi connectivity index (χ1v) is 10.9. The number of hydrogen-bond donors (Lipinski definition) is 1. The lowest BCUT2D eigenvalue weighted by Crippen LogP contribution is -2.25. The summed E-state index contributed by atoms with van der Waals surface area (Å²) in [5.41, 5.74) is 6.77. The van der Waals surface area contributed by atoms with E-state index in [0.29, 0.717) is 24.6 Å². The van der Waals surface area contributed by atoms with Crippen molar-refractivity contribution < 1.29 is 5.11 Å². The Kier molecular flexibility index (Phi) is 4.99. The van der Waals surface area contributed by atoms with Gasteiger partial charge in [0.25, 0.3) is 0 Å². The molecule has 1 N–H and O–H groups in total. The highest BCUT2D eigenvalue weighted by Crippen LogP contribution is 2.41. The van der Waals surface area contributed by atoms with Gasteiger partial charge in [-0.1, -0.05) is 6.07 Å². The normalized spacial score (nSPS) is 13.9. The maximum Gasteiger partial charge on any atom is 0.190 e. The molecule has 1 fully saturated rings. The van der Waals surface area contributed by atoms with Crippen LogP contribution in [0, 0.1) is 6.57 Å². The van der Waals surface area contributed by atoms with Crippen LogP contribution in [-0.4, -0.2) is 30.2 Å². The molecule has 0 unspecified atom stereocenters. The average Bonchev–Trinajstić information content (AvgIpc) is 3.55. The van der Waals surface area contributed by atoms with Crippen molar-refractivity contribution in [2.45, 2.75) is 51.2 Å². The summed E-state index contributed by atoms with van der Waals surface area (Å²) in [6, 6.07) is 14.1. The molecule has 1 aliphatic carbocycles. The van der Waals surface area contributed by atoms with E-state index < -0.39 is 5.60 Å². The molecule has 0 atom stereocenters. The van der Waals surface area contributed by atoms with Crippen LogP contribution in [-0.2, 0) is 13.0 Å². The topological polar surface area (TPSA) is 68.2 Å². The third-order valence-electron chi connectivity index (χ3n) is 5.72. The van der Waals surface area contributed by atoms with E-state index in [-0.39, 0.29) is 0 Å². The van der Waals surface area contributed by atoms with Gasteiger partial charge in [-0.3, -0.25) is 9.97 Å². The summed E-state index contributed by atoms with van der Waals surface area (Å²) in [6.07, 6.45) is 6.50. The van der Waals surface area contributed by atoms with Gasteiger partial charge in [-0.25, -0.2) is 9.83 Å². The van der Waals surface area contributed by atoms with E-state index in [0.717, 1.165) is 33.7 Å². The Morgan fingerprint density at radius 3 is 2.69 bits per heavy atom. The smallest absolute Gasteiger partial charge is 0.190 e. The zero-order chi connectivity index (χ0) is 22.3. The molecular formula is C26H25N5O. The lowest BCUT2D eigenvalue weighted by atomic mass is 10.0. The van der Waals surface area contributed by atoms with Crippen molar-refractivity contribution in [3.05, 3.63) is 83.4 Å². The van der Waals surface area contributed by atoms with Crippen LogP contribution in [0.5, 0.6) is 0 Å². The number of aliphatic hydroxyl groups is 1. The highest BCUT2D eigenvalue weighted by molar-refractivity contribution is 5.81. The summed E-state index contributed by atoms with van der Waals surface area (Å²) < 4.78 is 1.98. The number of nitrogens with zero attached hydrogens (tertiary/aromatic N) is 5. The predicted octanol–water partition coefficient (Wildman–Crippen LogP) is 5.28. The largest absolute Gasteiger partial charge is 0.389 e. The molecule has 0 spiro atoms. The van der Waals surface area contributed by atoms with Crippen molar-refractivity contribution in [1.82, 2.24) is 19.5 Å². The maximum atomic E-state index is 10.2. The molecular weight excluding hydrogens is 398 g/mol. The van der Waals surface area contributed by atoms with E-state index in [1.165, 1.54) is 18.4 Å². The van der Waals surface area contributed by atoms with E-state index in [2.05, 4.69) is 45.1 Å². The molecule has 6 heteroatoms. The number of imidazole rings is 1. The van der Waals surface area contributed by atoms with Crippen molar-refractivity contribution in [2.75, 3.05) is 0 Å². The number of hydrogen-bond acceptors (Lipinski definition) is 4. The Morgan fingerprint density at radius 1 is 1.09 bits per heavy atom. The van der Waals surface area contributed by atoms with Gasteiger partial charge in [0.2, 0.25) is 0 Å². The van der Waals surface area contributed by atoms with Crippen LogP contribution in [0.1, 0.15) is 49.6 Å². The minimum atomic E-state index is -0.806. The maximum absolute atomic E-state index is 10.2. The number of fused-ring (bicyclic) bond motifs is 1. The third kappa shape index (κ3) is 4.39. The molecule has 0 radical (unpaired) electrons. The standard InChI is InChI=1S/C26H25N5O/c1-26(2,32)15-31-16-29-24-11-18(6-7-25(24)31)23-12-19(17-4-5-17)10-22(30-23)14-21-13-20(27-3)8-9-28-21/h6-13,16-17,32H,4-5,14-15H2,1-2H3. The van der Waals surface area contributed by atoms with E-state index in [1.54, 1.807) is 32.4 Å². The highest BCUT2D eigenvalue weighted by atomic mass is 16.3. The molecule has 1 aliphatic rings. The summed E-state index contributed by atoms with van der Waals surface area (Å²) in [4.78, 5) is 17.4. The minimum absolute atomic E-state index is 0.485. The average molecular weight is 424 g/mol. The van der Waals surface area contributed by atoms with Crippen molar-refractivity contribution >= 4 is 16.7 Å². The predicted molar refractivity (Wildman–Crippen MR) is 125 cm³/mol. The number of benzene rings is 1. The fourth-order valence-corrected chi connectivity index (χ4v) is 4.09. The molecule has 0 saturated heterocycles. The monoisotopic (exact) mass is 423 g/mol. The second kappa shape index (κ2) is 7.85. The van der Waals surface area contributed by atoms with Crippen LogP contribution < -0.4 is 0 Å². The van der Waals surface area contributed by atoms with E-state index in [1.807, 2.05) is 10.6 Å². The van der Waals surface area contributed by atoms with Crippen molar-refractivity contribution in [1.29, 1.82) is 0 Å². The van der Waals surface area contributed by atoms with Gasteiger partial charge in [-0.2, -0.15) is 0 Å². The van der Waals surface area contributed by atoms with Crippen LogP contribution in [0.2, 0.25) is 0 Å². The molecule has 0 aliphatic heterocycles. The fourth-order valence-electron chi connectivity index (χ4n) is 4.09. The summed E-state index contributed by atoms with van der Waals surface area (Å²) >= 11 is 0. The summed E-state index contributed by atoms with van der Waals surface area (Å²) in [5.74, 6) is 0.604. The molecule has 1 aromatic carbocycles. The lowest BCUT2D eigenvalue weighted by molar-refractivity contribution is 0.0626. The number of pyridine rings is 2. The molecule has 160 valence electrons. The Morgan fingerprint density at radius 2 is 1.94 bits per heavy atom. The van der Waals surface area contributed by atoms with Crippen LogP contribution in [0.3, 0.4) is 0 Å². The van der Waals surface area contributed by atoms with Crippen LogP contribution in [0.25, 0.3) is 27.1 Å². The Bertz CT molecular complexity index is 1340. The minimum Gasteiger partial charge on any atom is -0.389 e. The Balaban J connectivity index is 1.51. The molecule has 3 aromatic heterocycles. The van der Waals surface area contributed by atoms with Gasteiger partial charge in [0, 0.05) is 29.6 Å². The van der Waals surface area contributed by atoms with Gasteiger partial charge in [-0.15, -0.1) is 0 Å². The fraction of sp³-hybridized carbons (Fsp3) is 0.308. The quantitative estimate of drug-likeness (QED) is 0.428. The first-order chi connectivity index (χ1) is 15.4. The molecule has 1 saturated carbocycles. The van der Waals surface area contributed by atoms with Gasteiger partial charge in [0.05, 0.1) is 41.8 Å². The zero-order valence-corrected chi connectivity index (χ0v) is 18.3. The van der Waals surface area contributed by atoms with Gasteiger partial charge >= 0.3 is 0 Å². The van der Waals surface area contributed by atoms with Gasteiger partial charge in [0.1, 0.15) is 0 Å².